The predicted molar refractivity (Wildman–Crippen MR) is 81.9 cm³/mol. The van der Waals surface area contributed by atoms with Gasteiger partial charge in [0.2, 0.25) is 0 Å². The molecule has 1 N–H and O–H groups in total. The van der Waals surface area contributed by atoms with Crippen molar-refractivity contribution in [2.45, 2.75) is 52.9 Å². The van der Waals surface area contributed by atoms with Crippen LogP contribution in [0, 0.1) is 17.3 Å². The number of hydrogen-bond acceptors (Lipinski definition) is 2. The van der Waals surface area contributed by atoms with Gasteiger partial charge >= 0.3 is 6.36 Å². The molecule has 5 heteroatoms. The van der Waals surface area contributed by atoms with E-state index in [1.54, 1.807) is 12.1 Å². The highest BCUT2D eigenvalue weighted by Gasteiger charge is 2.39. The van der Waals surface area contributed by atoms with Crippen LogP contribution in [0.4, 0.5) is 18.9 Å². The molecule has 0 amide bonds. The average Bonchev–Trinajstić information content (AvgIpc) is 2.33. The van der Waals surface area contributed by atoms with E-state index < -0.39 is 6.36 Å². The second-order valence-corrected chi connectivity index (χ2v) is 7.21. The highest BCUT2D eigenvalue weighted by atomic mass is 19.4. The van der Waals surface area contributed by atoms with Crippen LogP contribution in [0.5, 0.6) is 5.75 Å². The summed E-state index contributed by atoms with van der Waals surface area (Å²) < 4.78 is 40.4. The van der Waals surface area contributed by atoms with Gasteiger partial charge in [-0.1, -0.05) is 27.7 Å². The Morgan fingerprint density at radius 1 is 1.14 bits per heavy atom. The largest absolute Gasteiger partial charge is 0.573 e. The lowest BCUT2D eigenvalue weighted by Crippen LogP contribution is -2.46. The molecule has 0 heterocycles. The monoisotopic (exact) mass is 315 g/mol. The first-order valence-electron chi connectivity index (χ1n) is 7.69. The normalized spacial score (nSPS) is 28.2. The molecule has 2 rings (SSSR count). The van der Waals surface area contributed by atoms with Crippen molar-refractivity contribution < 1.29 is 17.9 Å². The first kappa shape index (κ1) is 17.0. The van der Waals surface area contributed by atoms with Gasteiger partial charge < -0.3 is 10.1 Å². The van der Waals surface area contributed by atoms with Crippen molar-refractivity contribution in [1.82, 2.24) is 0 Å². The first-order valence-corrected chi connectivity index (χ1v) is 7.69. The summed E-state index contributed by atoms with van der Waals surface area (Å²) in [7, 11) is 0. The molecule has 0 spiro atoms. The van der Waals surface area contributed by atoms with Crippen molar-refractivity contribution in [2.75, 3.05) is 5.32 Å². The summed E-state index contributed by atoms with van der Waals surface area (Å²) in [5.74, 6) is 1.03. The Morgan fingerprint density at radius 3 is 2.23 bits per heavy atom. The quantitative estimate of drug-likeness (QED) is 0.800. The van der Waals surface area contributed by atoms with E-state index >= 15 is 0 Å². The van der Waals surface area contributed by atoms with E-state index in [2.05, 4.69) is 37.7 Å². The summed E-state index contributed by atoms with van der Waals surface area (Å²) in [5.41, 5.74) is 0.979. The molecule has 22 heavy (non-hydrogen) atoms. The molecule has 124 valence electrons. The smallest absolute Gasteiger partial charge is 0.406 e. The Balaban J connectivity index is 2.07. The molecular weight excluding hydrogens is 291 g/mol. The maximum Gasteiger partial charge on any atom is 0.573 e. The molecule has 3 atom stereocenters. The Kier molecular flexibility index (Phi) is 4.64. The summed E-state index contributed by atoms with van der Waals surface area (Å²) in [4.78, 5) is 0. The van der Waals surface area contributed by atoms with Gasteiger partial charge in [-0.3, -0.25) is 0 Å². The van der Waals surface area contributed by atoms with Crippen LogP contribution in [0.15, 0.2) is 24.3 Å². The van der Waals surface area contributed by atoms with Crippen LogP contribution in [0.25, 0.3) is 0 Å². The van der Waals surface area contributed by atoms with Crippen LogP contribution in [0.3, 0.4) is 0 Å². The molecule has 0 radical (unpaired) electrons. The topological polar surface area (TPSA) is 21.3 Å². The Bertz CT molecular complexity index is 496. The van der Waals surface area contributed by atoms with E-state index in [9.17, 15) is 13.2 Å². The van der Waals surface area contributed by atoms with Crippen LogP contribution in [-0.2, 0) is 0 Å². The average molecular weight is 315 g/mol. The van der Waals surface area contributed by atoms with Crippen LogP contribution in [0.2, 0.25) is 0 Å². The van der Waals surface area contributed by atoms with E-state index in [1.165, 1.54) is 12.1 Å². The number of rotatable bonds is 3. The molecule has 2 nitrogen and oxygen atoms in total. The third kappa shape index (κ3) is 4.31. The van der Waals surface area contributed by atoms with Crippen molar-refractivity contribution in [2.24, 2.45) is 17.3 Å². The van der Waals surface area contributed by atoms with Crippen molar-refractivity contribution in [1.29, 1.82) is 0 Å². The molecule has 1 saturated carbocycles. The van der Waals surface area contributed by atoms with Crippen molar-refractivity contribution in [3.63, 3.8) is 0 Å². The molecule has 1 unspecified atom stereocenters. The molecule has 0 aliphatic heterocycles. The second kappa shape index (κ2) is 6.01. The fourth-order valence-electron chi connectivity index (χ4n) is 3.92. The number of benzene rings is 1. The van der Waals surface area contributed by atoms with Gasteiger partial charge in [0, 0.05) is 11.7 Å². The highest BCUT2D eigenvalue weighted by molar-refractivity contribution is 5.47. The minimum atomic E-state index is -4.65. The fraction of sp³-hybridized carbons (Fsp3) is 0.647. The van der Waals surface area contributed by atoms with Gasteiger partial charge in [0.25, 0.3) is 0 Å². The van der Waals surface area contributed by atoms with Gasteiger partial charge in [0.05, 0.1) is 0 Å². The minimum Gasteiger partial charge on any atom is -0.406 e. The van der Waals surface area contributed by atoms with E-state index in [4.69, 9.17) is 0 Å². The van der Waals surface area contributed by atoms with Gasteiger partial charge in [-0.05, 0) is 54.4 Å². The second-order valence-electron chi connectivity index (χ2n) is 7.21. The molecule has 1 aromatic rings. The number of anilines is 1. The molecule has 1 aromatic carbocycles. The molecular formula is C17H24F3NO. The number of nitrogens with one attached hydrogen (secondary N) is 1. The molecule has 1 aliphatic rings. The number of ether oxygens (including phenoxy) is 1. The van der Waals surface area contributed by atoms with Crippen molar-refractivity contribution in [3.8, 4) is 5.75 Å². The molecule has 1 fully saturated rings. The van der Waals surface area contributed by atoms with Gasteiger partial charge in [0.1, 0.15) is 5.75 Å². The Morgan fingerprint density at radius 2 is 1.73 bits per heavy atom. The van der Waals surface area contributed by atoms with Gasteiger partial charge in [-0.2, -0.15) is 0 Å². The Hall–Kier alpha value is -1.39. The molecule has 1 aliphatic carbocycles. The summed E-state index contributed by atoms with van der Waals surface area (Å²) in [6, 6.07) is 6.28. The third-order valence-corrected chi connectivity index (χ3v) is 4.47. The Labute approximate surface area is 130 Å². The minimum absolute atomic E-state index is 0.151. The number of halogens is 3. The molecule has 0 bridgehead atoms. The zero-order chi connectivity index (χ0) is 16.5. The van der Waals surface area contributed by atoms with Gasteiger partial charge in [-0.15, -0.1) is 13.2 Å². The molecule has 0 saturated heterocycles. The summed E-state index contributed by atoms with van der Waals surface area (Å²) >= 11 is 0. The fourth-order valence-corrected chi connectivity index (χ4v) is 3.92. The molecule has 0 aromatic heterocycles. The summed E-state index contributed by atoms with van der Waals surface area (Å²) in [5, 5.41) is 3.49. The van der Waals surface area contributed by atoms with Crippen molar-refractivity contribution in [3.05, 3.63) is 24.3 Å². The predicted octanol–water partition coefficient (Wildman–Crippen LogP) is 5.46. The number of alkyl halides is 3. The number of hydrogen-bond donors (Lipinski definition) is 1. The zero-order valence-corrected chi connectivity index (χ0v) is 13.5. The first-order chi connectivity index (χ1) is 10.1. The maximum atomic E-state index is 12.2. The highest BCUT2D eigenvalue weighted by Crippen LogP contribution is 2.43. The van der Waals surface area contributed by atoms with Crippen LogP contribution in [0.1, 0.15) is 40.5 Å². The van der Waals surface area contributed by atoms with E-state index in [1.807, 2.05) is 0 Å². The standard InChI is InChI=1S/C17H24F3NO/c1-11-9-12(2)15(16(3,4)10-11)21-13-5-7-14(8-6-13)22-17(18,19)20/h5-8,11-12,15,21H,9-10H2,1-4H3/t11-,12+,15?/m0/s1. The lowest BCUT2D eigenvalue weighted by Gasteiger charge is -2.46. The van der Waals surface area contributed by atoms with Gasteiger partial charge in [0.15, 0.2) is 0 Å². The lowest BCUT2D eigenvalue weighted by molar-refractivity contribution is -0.274. The van der Waals surface area contributed by atoms with Crippen LogP contribution >= 0.6 is 0 Å². The van der Waals surface area contributed by atoms with Crippen molar-refractivity contribution >= 4 is 5.69 Å². The SMILES string of the molecule is C[C@H]1C[C@@H](C)C(Nc2ccc(OC(F)(F)F)cc2)C(C)(C)C1. The zero-order valence-electron chi connectivity index (χ0n) is 13.5. The summed E-state index contributed by atoms with van der Waals surface area (Å²) in [6.45, 7) is 9.00. The van der Waals surface area contributed by atoms with E-state index in [0.29, 0.717) is 17.9 Å². The third-order valence-electron chi connectivity index (χ3n) is 4.47. The maximum absolute atomic E-state index is 12.2. The van der Waals surface area contributed by atoms with Crippen LogP contribution < -0.4 is 10.1 Å². The van der Waals surface area contributed by atoms with Crippen LogP contribution in [-0.4, -0.2) is 12.4 Å². The van der Waals surface area contributed by atoms with E-state index in [-0.39, 0.29) is 11.2 Å². The van der Waals surface area contributed by atoms with Gasteiger partial charge in [-0.25, -0.2) is 0 Å². The van der Waals surface area contributed by atoms with E-state index in [0.717, 1.165) is 18.5 Å². The summed E-state index contributed by atoms with van der Waals surface area (Å²) in [6.07, 6.45) is -2.34. The lowest BCUT2D eigenvalue weighted by atomic mass is 9.65.